The molecule has 0 saturated heterocycles. The molecule has 0 spiro atoms. The molecule has 0 aliphatic heterocycles. The summed E-state index contributed by atoms with van der Waals surface area (Å²) in [7, 11) is 0. The highest BCUT2D eigenvalue weighted by molar-refractivity contribution is 5.94. The van der Waals surface area contributed by atoms with Crippen molar-refractivity contribution < 1.29 is 22.7 Å². The number of anilines is 1. The molecular formula is C12H16ClF3N2O2. The van der Waals surface area contributed by atoms with Gasteiger partial charge in [-0.1, -0.05) is 13.3 Å². The second-order valence-corrected chi connectivity index (χ2v) is 3.96. The lowest BCUT2D eigenvalue weighted by molar-refractivity contribution is -0.274. The van der Waals surface area contributed by atoms with Crippen LogP contribution in [0.15, 0.2) is 24.3 Å². The zero-order valence-electron chi connectivity index (χ0n) is 10.7. The van der Waals surface area contributed by atoms with Crippen LogP contribution in [0.3, 0.4) is 0 Å². The van der Waals surface area contributed by atoms with Crippen molar-refractivity contribution in [3.63, 3.8) is 0 Å². The smallest absolute Gasteiger partial charge is 0.406 e. The molecule has 0 saturated carbocycles. The van der Waals surface area contributed by atoms with Gasteiger partial charge in [-0.25, -0.2) is 0 Å². The highest BCUT2D eigenvalue weighted by atomic mass is 35.5. The van der Waals surface area contributed by atoms with E-state index in [4.69, 9.17) is 5.73 Å². The number of hydrogen-bond donors (Lipinski definition) is 2. The maximum Gasteiger partial charge on any atom is 0.573 e. The average Bonchev–Trinajstić information content (AvgIpc) is 2.30. The van der Waals surface area contributed by atoms with Gasteiger partial charge in [0.2, 0.25) is 5.91 Å². The molecule has 0 bridgehead atoms. The minimum Gasteiger partial charge on any atom is -0.406 e. The van der Waals surface area contributed by atoms with Gasteiger partial charge in [-0.05, 0) is 30.7 Å². The van der Waals surface area contributed by atoms with Crippen molar-refractivity contribution in [2.45, 2.75) is 32.2 Å². The summed E-state index contributed by atoms with van der Waals surface area (Å²) >= 11 is 0. The fraction of sp³-hybridized carbons (Fsp3) is 0.417. The van der Waals surface area contributed by atoms with Gasteiger partial charge in [0.25, 0.3) is 0 Å². The molecule has 3 N–H and O–H groups in total. The number of carbonyl (C=O) groups is 1. The van der Waals surface area contributed by atoms with Crippen molar-refractivity contribution in [2.75, 3.05) is 5.32 Å². The molecule has 4 nitrogen and oxygen atoms in total. The van der Waals surface area contributed by atoms with Gasteiger partial charge in [0.05, 0.1) is 6.04 Å². The first kappa shape index (κ1) is 18.5. The molecule has 0 aliphatic carbocycles. The number of halogens is 4. The molecule has 0 aliphatic rings. The molecule has 1 aromatic rings. The highest BCUT2D eigenvalue weighted by Gasteiger charge is 2.30. The molecule has 1 atom stereocenters. The predicted octanol–water partition coefficient (Wildman–Crippen LogP) is 3.07. The van der Waals surface area contributed by atoms with Crippen LogP contribution in [0.25, 0.3) is 0 Å². The Kier molecular flexibility index (Phi) is 7.38. The van der Waals surface area contributed by atoms with Crippen molar-refractivity contribution in [1.29, 1.82) is 0 Å². The molecule has 0 fully saturated rings. The molecule has 114 valence electrons. The van der Waals surface area contributed by atoms with E-state index in [0.29, 0.717) is 12.1 Å². The summed E-state index contributed by atoms with van der Waals surface area (Å²) in [5, 5.41) is 2.52. The first-order valence-corrected chi connectivity index (χ1v) is 5.74. The summed E-state index contributed by atoms with van der Waals surface area (Å²) in [5.41, 5.74) is 5.97. The van der Waals surface area contributed by atoms with Gasteiger partial charge >= 0.3 is 6.36 Å². The number of carbonyl (C=O) groups excluding carboxylic acids is 1. The van der Waals surface area contributed by atoms with Crippen LogP contribution in [0.4, 0.5) is 18.9 Å². The summed E-state index contributed by atoms with van der Waals surface area (Å²) in [6, 6.07) is 4.24. The third-order valence-electron chi connectivity index (χ3n) is 2.29. The van der Waals surface area contributed by atoms with Gasteiger partial charge in [0.1, 0.15) is 5.75 Å². The first-order chi connectivity index (χ1) is 8.81. The van der Waals surface area contributed by atoms with Gasteiger partial charge in [0, 0.05) is 5.69 Å². The SMILES string of the molecule is CCCC(N)C(=O)Nc1ccc(OC(F)(F)F)cc1.Cl. The Bertz CT molecular complexity index is 424. The van der Waals surface area contributed by atoms with E-state index in [9.17, 15) is 18.0 Å². The number of nitrogens with two attached hydrogens (primary N) is 1. The number of hydrogen-bond acceptors (Lipinski definition) is 3. The lowest BCUT2D eigenvalue weighted by Gasteiger charge is -2.12. The third kappa shape index (κ3) is 6.63. The Morgan fingerprint density at radius 2 is 1.90 bits per heavy atom. The molecule has 1 aromatic carbocycles. The second-order valence-electron chi connectivity index (χ2n) is 3.96. The van der Waals surface area contributed by atoms with Crippen LogP contribution in [0.1, 0.15) is 19.8 Å². The molecule has 20 heavy (non-hydrogen) atoms. The van der Waals surface area contributed by atoms with E-state index < -0.39 is 12.4 Å². The van der Waals surface area contributed by atoms with Crippen LogP contribution in [0.2, 0.25) is 0 Å². The number of amides is 1. The molecule has 0 heterocycles. The fourth-order valence-electron chi connectivity index (χ4n) is 1.42. The van der Waals surface area contributed by atoms with Crippen LogP contribution in [-0.2, 0) is 4.79 Å². The summed E-state index contributed by atoms with van der Waals surface area (Å²) in [4.78, 5) is 11.6. The van der Waals surface area contributed by atoms with Crippen LogP contribution in [0.5, 0.6) is 5.75 Å². The minimum absolute atomic E-state index is 0. The molecular weight excluding hydrogens is 297 g/mol. The summed E-state index contributed by atoms with van der Waals surface area (Å²) < 4.78 is 39.5. The van der Waals surface area contributed by atoms with Crippen molar-refractivity contribution >= 4 is 24.0 Å². The minimum atomic E-state index is -4.73. The lowest BCUT2D eigenvalue weighted by Crippen LogP contribution is -2.35. The highest BCUT2D eigenvalue weighted by Crippen LogP contribution is 2.23. The van der Waals surface area contributed by atoms with E-state index in [1.165, 1.54) is 12.1 Å². The number of ether oxygens (including phenoxy) is 1. The average molecular weight is 313 g/mol. The van der Waals surface area contributed by atoms with Crippen LogP contribution < -0.4 is 15.8 Å². The predicted molar refractivity (Wildman–Crippen MR) is 71.9 cm³/mol. The van der Waals surface area contributed by atoms with E-state index in [0.717, 1.165) is 18.6 Å². The zero-order valence-corrected chi connectivity index (χ0v) is 11.6. The van der Waals surface area contributed by atoms with E-state index in [2.05, 4.69) is 10.1 Å². The van der Waals surface area contributed by atoms with Crippen molar-refractivity contribution in [3.8, 4) is 5.75 Å². The Balaban J connectivity index is 0.00000361. The number of nitrogens with one attached hydrogen (secondary N) is 1. The van der Waals surface area contributed by atoms with Gasteiger partial charge in [-0.2, -0.15) is 0 Å². The number of rotatable bonds is 5. The van der Waals surface area contributed by atoms with Gasteiger partial charge in [-0.3, -0.25) is 4.79 Å². The lowest BCUT2D eigenvalue weighted by atomic mass is 10.1. The summed E-state index contributed by atoms with van der Waals surface area (Å²) in [6.07, 6.45) is -3.41. The Morgan fingerprint density at radius 1 is 1.35 bits per heavy atom. The van der Waals surface area contributed by atoms with Crippen LogP contribution in [-0.4, -0.2) is 18.3 Å². The molecule has 1 amide bonds. The van der Waals surface area contributed by atoms with Gasteiger partial charge in [-0.15, -0.1) is 25.6 Å². The Morgan fingerprint density at radius 3 is 2.35 bits per heavy atom. The van der Waals surface area contributed by atoms with E-state index in [1.807, 2.05) is 6.92 Å². The summed E-state index contributed by atoms with van der Waals surface area (Å²) in [6.45, 7) is 1.90. The topological polar surface area (TPSA) is 64.4 Å². The molecule has 1 rings (SSSR count). The van der Waals surface area contributed by atoms with Crippen molar-refractivity contribution in [1.82, 2.24) is 0 Å². The van der Waals surface area contributed by atoms with E-state index in [-0.39, 0.29) is 24.1 Å². The van der Waals surface area contributed by atoms with Crippen molar-refractivity contribution in [3.05, 3.63) is 24.3 Å². The van der Waals surface area contributed by atoms with E-state index >= 15 is 0 Å². The first-order valence-electron chi connectivity index (χ1n) is 5.74. The summed E-state index contributed by atoms with van der Waals surface area (Å²) in [5.74, 6) is -0.713. The van der Waals surface area contributed by atoms with Crippen molar-refractivity contribution in [2.24, 2.45) is 5.73 Å². The maximum atomic E-state index is 11.9. The standard InChI is InChI=1S/C12H15F3N2O2.ClH/c1-2-3-10(16)11(18)17-8-4-6-9(7-5-8)19-12(13,14)15;/h4-7,10H,2-3,16H2,1H3,(H,17,18);1H. The molecule has 0 radical (unpaired) electrons. The zero-order chi connectivity index (χ0) is 14.5. The Hall–Kier alpha value is -1.47. The largest absolute Gasteiger partial charge is 0.573 e. The monoisotopic (exact) mass is 312 g/mol. The fourth-order valence-corrected chi connectivity index (χ4v) is 1.42. The second kappa shape index (κ2) is 7.96. The molecule has 8 heteroatoms. The van der Waals surface area contributed by atoms with Gasteiger partial charge in [0.15, 0.2) is 0 Å². The molecule has 0 aromatic heterocycles. The maximum absolute atomic E-state index is 11.9. The van der Waals surface area contributed by atoms with Crippen LogP contribution >= 0.6 is 12.4 Å². The molecule has 1 unspecified atom stereocenters. The van der Waals surface area contributed by atoms with E-state index in [1.54, 1.807) is 0 Å². The number of benzene rings is 1. The Labute approximate surface area is 120 Å². The number of alkyl halides is 3. The normalized spacial score (nSPS) is 12.2. The van der Waals surface area contributed by atoms with Crippen LogP contribution in [0, 0.1) is 0 Å². The third-order valence-corrected chi connectivity index (χ3v) is 2.29. The van der Waals surface area contributed by atoms with Gasteiger partial charge < -0.3 is 15.8 Å². The quantitative estimate of drug-likeness (QED) is 0.878.